The zero-order chi connectivity index (χ0) is 10.7. The van der Waals surface area contributed by atoms with Crippen LogP contribution in [0.15, 0.2) is 11.6 Å². The average molecular weight is 224 g/mol. The van der Waals surface area contributed by atoms with Crippen molar-refractivity contribution in [2.75, 3.05) is 13.1 Å². The predicted octanol–water partition coefficient (Wildman–Crippen LogP) is 1.64. The maximum Gasteiger partial charge on any atom is 0.147 e. The molecule has 1 aromatic rings. The first kappa shape index (κ1) is 10.8. The number of carbonyl (C=O) groups excluding carboxylic acids is 1. The molecule has 0 radical (unpaired) electrons. The van der Waals surface area contributed by atoms with Crippen molar-refractivity contribution in [2.45, 2.75) is 26.2 Å². The molecule has 0 saturated carbocycles. The second kappa shape index (κ2) is 4.41. The van der Waals surface area contributed by atoms with Gasteiger partial charge in [0.25, 0.3) is 0 Å². The van der Waals surface area contributed by atoms with Crippen LogP contribution in [0.3, 0.4) is 0 Å². The van der Waals surface area contributed by atoms with E-state index in [0.29, 0.717) is 12.2 Å². The number of hydrogen-bond acceptors (Lipinski definition) is 4. The van der Waals surface area contributed by atoms with E-state index in [1.54, 1.807) is 17.5 Å². The van der Waals surface area contributed by atoms with Crippen LogP contribution >= 0.6 is 11.3 Å². The third-order valence-corrected chi connectivity index (χ3v) is 4.09. The predicted molar refractivity (Wildman–Crippen MR) is 61.0 cm³/mol. The molecule has 1 aliphatic rings. The summed E-state index contributed by atoms with van der Waals surface area (Å²) in [4.78, 5) is 16.4. The molecular formula is C11H16N2OS. The minimum absolute atomic E-state index is 0.119. The van der Waals surface area contributed by atoms with Crippen LogP contribution in [0.2, 0.25) is 0 Å². The molecule has 3 nitrogen and oxygen atoms in total. The number of ketones is 1. The van der Waals surface area contributed by atoms with Gasteiger partial charge in [-0.2, -0.15) is 0 Å². The highest BCUT2D eigenvalue weighted by atomic mass is 32.1. The summed E-state index contributed by atoms with van der Waals surface area (Å²) in [6.45, 7) is 3.91. The summed E-state index contributed by atoms with van der Waals surface area (Å²) in [6.07, 6.45) is 4.18. The van der Waals surface area contributed by atoms with Crippen molar-refractivity contribution < 1.29 is 4.79 Å². The van der Waals surface area contributed by atoms with Crippen molar-refractivity contribution in [3.63, 3.8) is 0 Å². The van der Waals surface area contributed by atoms with Crippen LogP contribution in [0.1, 0.15) is 24.8 Å². The van der Waals surface area contributed by atoms with Crippen LogP contribution in [-0.2, 0) is 11.2 Å². The van der Waals surface area contributed by atoms with Crippen LogP contribution in [-0.4, -0.2) is 23.9 Å². The second-order valence-corrected chi connectivity index (χ2v) is 5.07. The summed E-state index contributed by atoms with van der Waals surface area (Å²) >= 11 is 1.57. The fraction of sp³-hybridized carbons (Fsp3) is 0.636. The molecule has 1 saturated heterocycles. The molecule has 15 heavy (non-hydrogen) atoms. The van der Waals surface area contributed by atoms with E-state index in [1.165, 1.54) is 0 Å². The Kier molecular flexibility index (Phi) is 3.17. The summed E-state index contributed by atoms with van der Waals surface area (Å²) in [7, 11) is 0. The monoisotopic (exact) mass is 224 g/mol. The lowest BCUT2D eigenvalue weighted by molar-refractivity contribution is -0.127. The van der Waals surface area contributed by atoms with Crippen molar-refractivity contribution in [3.8, 4) is 0 Å². The van der Waals surface area contributed by atoms with E-state index in [9.17, 15) is 4.79 Å². The Labute approximate surface area is 93.9 Å². The highest BCUT2D eigenvalue weighted by Gasteiger charge is 2.38. The normalized spacial score (nSPS) is 25.7. The fourth-order valence-electron chi connectivity index (χ4n) is 2.15. The summed E-state index contributed by atoms with van der Waals surface area (Å²) in [5, 5.41) is 6.16. The molecule has 2 heterocycles. The molecule has 1 fully saturated rings. The van der Waals surface area contributed by atoms with E-state index in [2.05, 4.69) is 17.2 Å². The van der Waals surface area contributed by atoms with Gasteiger partial charge in [0.1, 0.15) is 5.78 Å². The van der Waals surface area contributed by atoms with Gasteiger partial charge in [-0.1, -0.05) is 6.92 Å². The second-order valence-electron chi connectivity index (χ2n) is 4.09. The van der Waals surface area contributed by atoms with Gasteiger partial charge >= 0.3 is 0 Å². The highest BCUT2D eigenvalue weighted by molar-refractivity contribution is 7.09. The van der Waals surface area contributed by atoms with Gasteiger partial charge in [0, 0.05) is 23.5 Å². The molecule has 1 N–H and O–H groups in total. The molecule has 1 atom stereocenters. The van der Waals surface area contributed by atoms with Crippen LogP contribution in [0.25, 0.3) is 0 Å². The Morgan fingerprint density at radius 1 is 1.73 bits per heavy atom. The molecule has 1 aromatic heterocycles. The molecule has 1 unspecified atom stereocenters. The third kappa shape index (κ3) is 2.11. The standard InChI is InChI=1S/C11H16N2OS/c1-2-11(3-4-12-8-11)9(14)7-10-13-5-6-15-10/h5-6,12H,2-4,7-8H2,1H3. The number of rotatable bonds is 4. The van der Waals surface area contributed by atoms with Crippen molar-refractivity contribution in [1.82, 2.24) is 10.3 Å². The number of nitrogens with zero attached hydrogens (tertiary/aromatic N) is 1. The van der Waals surface area contributed by atoms with Crippen LogP contribution < -0.4 is 5.32 Å². The zero-order valence-corrected chi connectivity index (χ0v) is 9.77. The summed E-state index contributed by atoms with van der Waals surface area (Å²) < 4.78 is 0. The number of thiazole rings is 1. The van der Waals surface area contributed by atoms with E-state index in [4.69, 9.17) is 0 Å². The van der Waals surface area contributed by atoms with Gasteiger partial charge in [0.05, 0.1) is 11.4 Å². The molecule has 0 bridgehead atoms. The maximum absolute atomic E-state index is 12.2. The molecular weight excluding hydrogens is 208 g/mol. The molecule has 1 aliphatic heterocycles. The zero-order valence-electron chi connectivity index (χ0n) is 8.95. The summed E-state index contributed by atoms with van der Waals surface area (Å²) in [5.74, 6) is 0.352. The third-order valence-electron chi connectivity index (χ3n) is 3.31. The van der Waals surface area contributed by atoms with E-state index in [0.717, 1.165) is 30.9 Å². The van der Waals surface area contributed by atoms with E-state index in [-0.39, 0.29) is 5.41 Å². The number of Topliss-reactive ketones (excluding diaryl/α,β-unsaturated/α-hetero) is 1. The Bertz CT molecular complexity index is 328. The summed E-state index contributed by atoms with van der Waals surface area (Å²) in [6, 6.07) is 0. The summed E-state index contributed by atoms with van der Waals surface area (Å²) in [5.41, 5.74) is -0.119. The number of carbonyl (C=O) groups is 1. The van der Waals surface area contributed by atoms with Gasteiger partial charge in [0.15, 0.2) is 0 Å². The molecule has 2 rings (SSSR count). The quantitative estimate of drug-likeness (QED) is 0.845. The number of hydrogen-bond donors (Lipinski definition) is 1. The Morgan fingerprint density at radius 2 is 2.60 bits per heavy atom. The number of nitrogens with one attached hydrogen (secondary N) is 1. The SMILES string of the molecule is CCC1(C(=O)Cc2nccs2)CCNC1. The Morgan fingerprint density at radius 3 is 3.13 bits per heavy atom. The van der Waals surface area contributed by atoms with E-state index in [1.807, 2.05) is 5.38 Å². The average Bonchev–Trinajstić information content (AvgIpc) is 2.87. The largest absolute Gasteiger partial charge is 0.316 e. The first-order valence-corrected chi connectivity index (χ1v) is 6.27. The van der Waals surface area contributed by atoms with Gasteiger partial charge in [-0.25, -0.2) is 4.98 Å². The van der Waals surface area contributed by atoms with Gasteiger partial charge < -0.3 is 5.32 Å². The van der Waals surface area contributed by atoms with Crippen molar-refractivity contribution >= 4 is 17.1 Å². The first-order valence-electron chi connectivity index (χ1n) is 5.39. The number of aromatic nitrogens is 1. The fourth-order valence-corrected chi connectivity index (χ4v) is 2.76. The molecule has 0 aliphatic carbocycles. The smallest absolute Gasteiger partial charge is 0.147 e. The van der Waals surface area contributed by atoms with E-state index < -0.39 is 0 Å². The lowest BCUT2D eigenvalue weighted by atomic mass is 9.79. The minimum Gasteiger partial charge on any atom is -0.316 e. The lowest BCUT2D eigenvalue weighted by Gasteiger charge is -2.24. The topological polar surface area (TPSA) is 42.0 Å². The van der Waals surface area contributed by atoms with Crippen LogP contribution in [0.5, 0.6) is 0 Å². The van der Waals surface area contributed by atoms with Crippen molar-refractivity contribution in [3.05, 3.63) is 16.6 Å². The molecule has 0 amide bonds. The van der Waals surface area contributed by atoms with Gasteiger partial charge in [-0.15, -0.1) is 11.3 Å². The Hall–Kier alpha value is -0.740. The minimum atomic E-state index is -0.119. The molecule has 0 spiro atoms. The van der Waals surface area contributed by atoms with Crippen molar-refractivity contribution in [1.29, 1.82) is 0 Å². The van der Waals surface area contributed by atoms with Crippen LogP contribution in [0.4, 0.5) is 0 Å². The molecule has 0 aromatic carbocycles. The Balaban J connectivity index is 2.06. The molecule has 82 valence electrons. The van der Waals surface area contributed by atoms with Gasteiger partial charge in [-0.3, -0.25) is 4.79 Å². The van der Waals surface area contributed by atoms with Gasteiger partial charge in [-0.05, 0) is 19.4 Å². The maximum atomic E-state index is 12.2. The lowest BCUT2D eigenvalue weighted by Crippen LogP contribution is -2.34. The first-order chi connectivity index (χ1) is 7.27. The van der Waals surface area contributed by atoms with E-state index >= 15 is 0 Å². The van der Waals surface area contributed by atoms with Crippen molar-refractivity contribution in [2.24, 2.45) is 5.41 Å². The van der Waals surface area contributed by atoms with Gasteiger partial charge in [0.2, 0.25) is 0 Å². The highest BCUT2D eigenvalue weighted by Crippen LogP contribution is 2.31. The molecule has 4 heteroatoms. The van der Waals surface area contributed by atoms with Crippen LogP contribution in [0, 0.1) is 5.41 Å².